The molecule has 0 aliphatic rings. The first-order valence-corrected chi connectivity index (χ1v) is 7.42. The number of rotatable bonds is 4. The molecular weight excluding hydrogens is 419 g/mol. The predicted molar refractivity (Wildman–Crippen MR) is 97.8 cm³/mol. The number of hydrogen-bond acceptors (Lipinski definition) is 2. The summed E-state index contributed by atoms with van der Waals surface area (Å²) in [5.74, 6) is -0.353. The van der Waals surface area contributed by atoms with Crippen LogP contribution in [0.4, 0.5) is 8.78 Å². The van der Waals surface area contributed by atoms with Gasteiger partial charge in [0.2, 0.25) is 0 Å². The van der Waals surface area contributed by atoms with E-state index in [-0.39, 0.29) is 42.1 Å². The van der Waals surface area contributed by atoms with Gasteiger partial charge in [0.15, 0.2) is 5.96 Å². The van der Waals surface area contributed by atoms with Crippen LogP contribution in [0.3, 0.4) is 0 Å². The van der Waals surface area contributed by atoms with Gasteiger partial charge in [-0.15, -0.1) is 35.3 Å². The molecule has 0 amide bonds. The lowest BCUT2D eigenvalue weighted by atomic mass is 10.2. The van der Waals surface area contributed by atoms with Crippen molar-refractivity contribution in [3.8, 4) is 0 Å². The first-order valence-electron chi connectivity index (χ1n) is 6.54. The normalized spacial score (nSPS) is 12.5. The van der Waals surface area contributed by atoms with Gasteiger partial charge in [-0.05, 0) is 36.6 Å². The van der Waals surface area contributed by atoms with Gasteiger partial charge in [-0.2, -0.15) is 0 Å². The number of hydrogen-bond donors (Lipinski definition) is 2. The third kappa shape index (κ3) is 5.20. The number of thiophene rings is 1. The number of benzene rings is 1. The van der Waals surface area contributed by atoms with Crippen molar-refractivity contribution in [2.24, 2.45) is 4.99 Å². The molecule has 22 heavy (non-hydrogen) atoms. The zero-order valence-electron chi connectivity index (χ0n) is 12.3. The minimum atomic E-state index is -0.455. The molecule has 0 saturated heterocycles. The molecule has 0 spiro atoms. The van der Waals surface area contributed by atoms with Crippen molar-refractivity contribution >= 4 is 41.3 Å². The zero-order chi connectivity index (χ0) is 15.2. The zero-order valence-corrected chi connectivity index (χ0v) is 15.4. The van der Waals surface area contributed by atoms with Crippen molar-refractivity contribution in [1.29, 1.82) is 0 Å². The Bertz CT molecular complexity index is 617. The van der Waals surface area contributed by atoms with E-state index in [0.29, 0.717) is 5.96 Å². The molecule has 2 N–H and O–H groups in total. The van der Waals surface area contributed by atoms with Crippen molar-refractivity contribution in [3.05, 3.63) is 57.8 Å². The second kappa shape index (κ2) is 9.04. The fraction of sp³-hybridized carbons (Fsp3) is 0.267. The van der Waals surface area contributed by atoms with E-state index >= 15 is 0 Å². The predicted octanol–water partition coefficient (Wildman–Crippen LogP) is 4.07. The molecule has 2 rings (SSSR count). The summed E-state index contributed by atoms with van der Waals surface area (Å²) in [5.41, 5.74) is 0.265. The van der Waals surface area contributed by atoms with Crippen LogP contribution >= 0.6 is 35.3 Å². The largest absolute Gasteiger partial charge is 0.352 e. The van der Waals surface area contributed by atoms with Gasteiger partial charge in [0.25, 0.3) is 0 Å². The van der Waals surface area contributed by atoms with Crippen molar-refractivity contribution < 1.29 is 8.78 Å². The Labute approximate surface area is 149 Å². The lowest BCUT2D eigenvalue weighted by molar-refractivity contribution is 0.580. The van der Waals surface area contributed by atoms with Gasteiger partial charge in [-0.1, -0.05) is 6.07 Å². The topological polar surface area (TPSA) is 36.4 Å². The van der Waals surface area contributed by atoms with E-state index in [1.807, 2.05) is 24.4 Å². The number of nitrogens with zero attached hydrogens (tertiary/aromatic N) is 1. The van der Waals surface area contributed by atoms with E-state index in [1.54, 1.807) is 18.4 Å². The lowest BCUT2D eigenvalue weighted by Crippen LogP contribution is -2.38. The summed E-state index contributed by atoms with van der Waals surface area (Å²) in [6, 6.07) is 7.51. The van der Waals surface area contributed by atoms with Crippen LogP contribution in [0.5, 0.6) is 0 Å². The quantitative estimate of drug-likeness (QED) is 0.430. The van der Waals surface area contributed by atoms with E-state index in [1.165, 1.54) is 10.9 Å². The Balaban J connectivity index is 0.00000242. The van der Waals surface area contributed by atoms with Crippen LogP contribution in [-0.4, -0.2) is 13.0 Å². The molecule has 0 bridgehead atoms. The Hall–Kier alpha value is -1.22. The lowest BCUT2D eigenvalue weighted by Gasteiger charge is -2.17. The second-order valence-electron chi connectivity index (χ2n) is 4.54. The van der Waals surface area contributed by atoms with Gasteiger partial charge in [0.05, 0.1) is 6.04 Å². The number of halogens is 3. The van der Waals surface area contributed by atoms with Crippen LogP contribution in [0.15, 0.2) is 40.7 Å². The monoisotopic (exact) mass is 437 g/mol. The maximum Gasteiger partial charge on any atom is 0.191 e. The highest BCUT2D eigenvalue weighted by Gasteiger charge is 2.09. The van der Waals surface area contributed by atoms with Crippen LogP contribution in [0, 0.1) is 11.6 Å². The molecule has 1 aromatic carbocycles. The average Bonchev–Trinajstić information content (AvgIpc) is 3.00. The highest BCUT2D eigenvalue weighted by Crippen LogP contribution is 2.17. The van der Waals surface area contributed by atoms with Crippen LogP contribution < -0.4 is 10.6 Å². The van der Waals surface area contributed by atoms with Gasteiger partial charge in [0, 0.05) is 24.0 Å². The summed E-state index contributed by atoms with van der Waals surface area (Å²) in [4.78, 5) is 5.26. The fourth-order valence-electron chi connectivity index (χ4n) is 1.87. The van der Waals surface area contributed by atoms with Gasteiger partial charge in [-0.3, -0.25) is 4.99 Å². The maximum atomic E-state index is 13.5. The molecule has 0 aliphatic heterocycles. The number of aliphatic imine (C=N–C) groups is 1. The summed E-state index contributed by atoms with van der Waals surface area (Å²) >= 11 is 1.65. The van der Waals surface area contributed by atoms with E-state index in [2.05, 4.69) is 15.6 Å². The summed E-state index contributed by atoms with van der Waals surface area (Å²) < 4.78 is 26.7. The van der Waals surface area contributed by atoms with Crippen molar-refractivity contribution in [1.82, 2.24) is 10.6 Å². The van der Waals surface area contributed by atoms with Crippen LogP contribution in [0.25, 0.3) is 0 Å². The number of guanidine groups is 1. The highest BCUT2D eigenvalue weighted by molar-refractivity contribution is 14.0. The molecule has 2 aromatic rings. The van der Waals surface area contributed by atoms with Gasteiger partial charge in [-0.25, -0.2) is 8.78 Å². The molecule has 0 fully saturated rings. The molecule has 0 aliphatic carbocycles. The Morgan fingerprint density at radius 1 is 1.32 bits per heavy atom. The second-order valence-corrected chi connectivity index (χ2v) is 5.52. The maximum absolute atomic E-state index is 13.5. The summed E-state index contributed by atoms with van der Waals surface area (Å²) in [7, 11) is 1.64. The number of nitrogens with one attached hydrogen (secondary N) is 2. The summed E-state index contributed by atoms with van der Waals surface area (Å²) in [6.07, 6.45) is 0. The Kier molecular flexibility index (Phi) is 7.74. The van der Waals surface area contributed by atoms with Gasteiger partial charge < -0.3 is 10.6 Å². The molecule has 7 heteroatoms. The molecule has 0 radical (unpaired) electrons. The summed E-state index contributed by atoms with van der Waals surface area (Å²) in [5, 5.41) is 8.20. The average molecular weight is 437 g/mol. The van der Waals surface area contributed by atoms with Gasteiger partial charge in [0.1, 0.15) is 11.6 Å². The van der Waals surface area contributed by atoms with Crippen molar-refractivity contribution in [3.63, 3.8) is 0 Å². The van der Waals surface area contributed by atoms with E-state index in [0.717, 1.165) is 12.1 Å². The standard InChI is InChI=1S/C15H17F2N3S.HI/c1-10(14-4-3-7-21-14)20-15(18-2)19-9-11-8-12(16)5-6-13(11)17;/h3-8,10H,9H2,1-2H3,(H2,18,19,20);1H. The third-order valence-corrected chi connectivity index (χ3v) is 4.06. The van der Waals surface area contributed by atoms with Crippen molar-refractivity contribution in [2.45, 2.75) is 19.5 Å². The highest BCUT2D eigenvalue weighted by atomic mass is 127. The van der Waals surface area contributed by atoms with Crippen LogP contribution in [0.1, 0.15) is 23.4 Å². The molecular formula is C15H18F2IN3S. The SMILES string of the molecule is CN=C(NCc1cc(F)ccc1F)NC(C)c1cccs1.I. The first-order chi connectivity index (χ1) is 10.1. The molecule has 1 aromatic heterocycles. The smallest absolute Gasteiger partial charge is 0.191 e. The van der Waals surface area contributed by atoms with Crippen LogP contribution in [0.2, 0.25) is 0 Å². The Morgan fingerprint density at radius 2 is 2.09 bits per heavy atom. The van der Waals surface area contributed by atoms with Gasteiger partial charge >= 0.3 is 0 Å². The minimum Gasteiger partial charge on any atom is -0.352 e. The van der Waals surface area contributed by atoms with Crippen molar-refractivity contribution in [2.75, 3.05) is 7.05 Å². The van der Waals surface area contributed by atoms with Crippen LogP contribution in [-0.2, 0) is 6.54 Å². The Morgan fingerprint density at radius 3 is 2.73 bits per heavy atom. The third-order valence-electron chi connectivity index (χ3n) is 3.00. The minimum absolute atomic E-state index is 0. The summed E-state index contributed by atoms with van der Waals surface area (Å²) in [6.45, 7) is 2.18. The molecule has 0 saturated carbocycles. The molecule has 1 unspecified atom stereocenters. The van der Waals surface area contributed by atoms with E-state index < -0.39 is 11.6 Å². The molecule has 1 heterocycles. The van der Waals surface area contributed by atoms with E-state index in [4.69, 9.17) is 0 Å². The fourth-order valence-corrected chi connectivity index (χ4v) is 2.60. The molecule has 3 nitrogen and oxygen atoms in total. The van der Waals surface area contributed by atoms with E-state index in [9.17, 15) is 8.78 Å². The first kappa shape index (κ1) is 18.8. The molecule has 1 atom stereocenters. The molecule has 120 valence electrons.